The Morgan fingerprint density at radius 3 is 2.42 bits per heavy atom. The van der Waals surface area contributed by atoms with Gasteiger partial charge in [0.25, 0.3) is 10.0 Å². The number of aryl methyl sites for hydroxylation is 1. The average molecular weight is 449 g/mol. The normalized spacial score (nSPS) is 11.9. The number of benzene rings is 1. The largest absolute Gasteiger partial charge is 0.334 e. The molecule has 2 heterocycles. The highest BCUT2D eigenvalue weighted by Gasteiger charge is 2.24. The second kappa shape index (κ2) is 8.50. The van der Waals surface area contributed by atoms with Gasteiger partial charge in [0.05, 0.1) is 18.2 Å². The number of nitrogens with zero attached hydrogens (tertiary/aromatic N) is 4. The zero-order chi connectivity index (χ0) is 22.9. The predicted octanol–water partition coefficient (Wildman–Crippen LogP) is 3.64. The summed E-state index contributed by atoms with van der Waals surface area (Å²) in [6.07, 6.45) is 5.95. The second-order valence-electron chi connectivity index (χ2n) is 7.79. The fourth-order valence-electron chi connectivity index (χ4n) is 3.06. The van der Waals surface area contributed by atoms with Crippen LogP contribution in [0.15, 0.2) is 42.1 Å². The smallest absolute Gasteiger partial charge is 0.333 e. The van der Waals surface area contributed by atoms with Gasteiger partial charge in [-0.2, -0.15) is 13.5 Å². The summed E-state index contributed by atoms with van der Waals surface area (Å²) in [6, 6.07) is 1.63. The third-order valence-corrected chi connectivity index (χ3v) is 5.90. The van der Waals surface area contributed by atoms with Crippen LogP contribution in [0.2, 0.25) is 0 Å². The van der Waals surface area contributed by atoms with Crippen LogP contribution in [0, 0.1) is 5.82 Å². The Kier molecular flexibility index (Phi) is 6.16. The molecule has 0 aliphatic carbocycles. The van der Waals surface area contributed by atoms with Crippen LogP contribution in [-0.2, 0) is 17.1 Å². The Balaban J connectivity index is 1.94. The Morgan fingerprint density at radius 2 is 1.87 bits per heavy atom. The SMILES string of the molecule is CC(C)c1cc(F)cc(-c2cnn(C)c2)c1NC(=O)NS(=O)(=O)c1cn(C(C)C)cn1. The van der Waals surface area contributed by atoms with Gasteiger partial charge in [-0.25, -0.2) is 18.9 Å². The number of rotatable bonds is 6. The molecule has 2 N–H and O–H groups in total. The van der Waals surface area contributed by atoms with Gasteiger partial charge in [0.1, 0.15) is 5.82 Å². The highest BCUT2D eigenvalue weighted by atomic mass is 32.2. The van der Waals surface area contributed by atoms with Crippen LogP contribution in [0.25, 0.3) is 11.1 Å². The number of halogens is 1. The van der Waals surface area contributed by atoms with Gasteiger partial charge in [-0.15, -0.1) is 0 Å². The molecule has 166 valence electrons. The van der Waals surface area contributed by atoms with Gasteiger partial charge in [-0.3, -0.25) is 4.68 Å². The molecule has 11 heteroatoms. The lowest BCUT2D eigenvalue weighted by molar-refractivity contribution is 0.256. The summed E-state index contributed by atoms with van der Waals surface area (Å²) in [5.41, 5.74) is 1.81. The standard InChI is InChI=1S/C20H25FN6O3S/c1-12(2)16-6-15(21)7-17(14-8-23-26(5)9-14)19(16)24-20(28)25-31(29,30)18-10-27(11-22-18)13(3)4/h6-13H,1-5H3,(H2,24,25,28). The van der Waals surface area contributed by atoms with E-state index in [-0.39, 0.29) is 17.0 Å². The van der Waals surface area contributed by atoms with E-state index in [0.29, 0.717) is 22.4 Å². The molecule has 0 radical (unpaired) electrons. The van der Waals surface area contributed by atoms with Crippen molar-refractivity contribution in [1.82, 2.24) is 24.1 Å². The molecule has 2 aromatic heterocycles. The first-order valence-corrected chi connectivity index (χ1v) is 11.2. The topological polar surface area (TPSA) is 111 Å². The van der Waals surface area contributed by atoms with Crippen molar-refractivity contribution >= 4 is 21.7 Å². The first-order valence-electron chi connectivity index (χ1n) is 9.67. The third-order valence-electron chi connectivity index (χ3n) is 4.69. The number of carbonyl (C=O) groups excluding carboxylic acids is 1. The molecule has 0 aliphatic heterocycles. The van der Waals surface area contributed by atoms with E-state index in [9.17, 15) is 17.6 Å². The summed E-state index contributed by atoms with van der Waals surface area (Å²) < 4.78 is 44.6. The Labute approximate surface area is 180 Å². The number of urea groups is 1. The van der Waals surface area contributed by atoms with Crippen molar-refractivity contribution in [2.75, 3.05) is 5.32 Å². The number of hydrogen-bond donors (Lipinski definition) is 2. The first kappa shape index (κ1) is 22.5. The molecule has 0 spiro atoms. The number of aromatic nitrogens is 4. The van der Waals surface area contributed by atoms with Crippen LogP contribution in [0.3, 0.4) is 0 Å². The molecule has 0 atom stereocenters. The number of anilines is 1. The van der Waals surface area contributed by atoms with Crippen LogP contribution < -0.4 is 10.0 Å². The number of imidazole rings is 1. The maximum Gasteiger partial charge on any atom is 0.333 e. The van der Waals surface area contributed by atoms with Crippen molar-refractivity contribution in [3.8, 4) is 11.1 Å². The minimum absolute atomic E-state index is 0.0140. The van der Waals surface area contributed by atoms with E-state index in [1.165, 1.54) is 30.9 Å². The molecule has 3 aromatic rings. The molecule has 0 fully saturated rings. The summed E-state index contributed by atoms with van der Waals surface area (Å²) in [4.78, 5) is 16.5. The second-order valence-corrected chi connectivity index (χ2v) is 9.42. The molecular formula is C20H25FN6O3S. The minimum Gasteiger partial charge on any atom is -0.334 e. The summed E-state index contributed by atoms with van der Waals surface area (Å²) in [6.45, 7) is 7.45. The van der Waals surface area contributed by atoms with Crippen molar-refractivity contribution in [2.24, 2.45) is 7.05 Å². The molecule has 1 aromatic carbocycles. The monoisotopic (exact) mass is 448 g/mol. The van der Waals surface area contributed by atoms with E-state index in [1.807, 2.05) is 32.4 Å². The molecule has 2 amide bonds. The van der Waals surface area contributed by atoms with Crippen LogP contribution in [-0.4, -0.2) is 33.8 Å². The van der Waals surface area contributed by atoms with E-state index in [2.05, 4.69) is 15.4 Å². The molecule has 3 rings (SSSR count). The van der Waals surface area contributed by atoms with Crippen molar-refractivity contribution in [1.29, 1.82) is 0 Å². The number of sulfonamides is 1. The van der Waals surface area contributed by atoms with Crippen LogP contribution in [0.5, 0.6) is 0 Å². The van der Waals surface area contributed by atoms with E-state index in [0.717, 1.165) is 0 Å². The van der Waals surface area contributed by atoms with E-state index >= 15 is 0 Å². The molecule has 0 saturated heterocycles. The predicted molar refractivity (Wildman–Crippen MR) is 115 cm³/mol. The molecule has 9 nitrogen and oxygen atoms in total. The Morgan fingerprint density at radius 1 is 1.16 bits per heavy atom. The average Bonchev–Trinajstić information content (AvgIpc) is 3.32. The minimum atomic E-state index is -4.19. The lowest BCUT2D eigenvalue weighted by Gasteiger charge is -2.18. The van der Waals surface area contributed by atoms with Gasteiger partial charge < -0.3 is 9.88 Å². The van der Waals surface area contributed by atoms with Crippen molar-refractivity contribution in [3.63, 3.8) is 0 Å². The zero-order valence-corrected chi connectivity index (χ0v) is 18.7. The molecule has 0 bridgehead atoms. The Hall–Kier alpha value is -3.21. The Bertz CT molecular complexity index is 1210. The van der Waals surface area contributed by atoms with Crippen molar-refractivity contribution in [2.45, 2.75) is 44.7 Å². The molecule has 0 saturated carbocycles. The maximum atomic E-state index is 14.3. The highest BCUT2D eigenvalue weighted by molar-refractivity contribution is 7.90. The van der Waals surface area contributed by atoms with Gasteiger partial charge in [-0.1, -0.05) is 13.8 Å². The van der Waals surface area contributed by atoms with Gasteiger partial charge in [0.2, 0.25) is 0 Å². The molecule has 0 aliphatic rings. The van der Waals surface area contributed by atoms with Crippen molar-refractivity contribution in [3.05, 3.63) is 48.4 Å². The van der Waals surface area contributed by atoms with Gasteiger partial charge in [0.15, 0.2) is 5.03 Å². The van der Waals surface area contributed by atoms with Crippen LogP contribution >= 0.6 is 0 Å². The summed E-state index contributed by atoms with van der Waals surface area (Å²) in [7, 11) is -2.47. The highest BCUT2D eigenvalue weighted by Crippen LogP contribution is 2.35. The third kappa shape index (κ3) is 4.93. The fraction of sp³-hybridized carbons (Fsp3) is 0.350. The molecule has 0 unspecified atom stereocenters. The van der Waals surface area contributed by atoms with Crippen LogP contribution in [0.4, 0.5) is 14.9 Å². The van der Waals surface area contributed by atoms with Gasteiger partial charge in [-0.05, 0) is 37.5 Å². The number of hydrogen-bond acceptors (Lipinski definition) is 5. The van der Waals surface area contributed by atoms with Crippen LogP contribution in [0.1, 0.15) is 45.2 Å². The summed E-state index contributed by atoms with van der Waals surface area (Å²) in [5.74, 6) is -0.611. The molecule has 31 heavy (non-hydrogen) atoms. The van der Waals surface area contributed by atoms with Gasteiger partial charge in [0, 0.05) is 36.6 Å². The number of nitrogens with one attached hydrogen (secondary N) is 2. The number of amides is 2. The first-order chi connectivity index (χ1) is 14.5. The lowest BCUT2D eigenvalue weighted by atomic mass is 9.95. The fourth-order valence-corrected chi connectivity index (χ4v) is 3.91. The summed E-state index contributed by atoms with van der Waals surface area (Å²) >= 11 is 0. The summed E-state index contributed by atoms with van der Waals surface area (Å²) in [5, 5.41) is 6.40. The quantitative estimate of drug-likeness (QED) is 0.598. The maximum absolute atomic E-state index is 14.3. The van der Waals surface area contributed by atoms with Gasteiger partial charge >= 0.3 is 6.03 Å². The van der Waals surface area contributed by atoms with Crippen molar-refractivity contribution < 1.29 is 17.6 Å². The van der Waals surface area contributed by atoms with E-state index in [1.54, 1.807) is 22.5 Å². The zero-order valence-electron chi connectivity index (χ0n) is 17.9. The molecular weight excluding hydrogens is 423 g/mol. The van der Waals surface area contributed by atoms with E-state index in [4.69, 9.17) is 0 Å². The number of carbonyl (C=O) groups is 1. The van der Waals surface area contributed by atoms with E-state index < -0.39 is 21.9 Å². The lowest BCUT2D eigenvalue weighted by Crippen LogP contribution is -2.35.